The molecular weight excluding hydrogens is 188 g/mol. The molecule has 0 aromatic heterocycles. The van der Waals surface area contributed by atoms with Gasteiger partial charge in [-0.3, -0.25) is 9.69 Å². The normalized spacial score (nSPS) is 28.0. The monoisotopic (exact) mass is 200 g/mol. The van der Waals surface area contributed by atoms with Gasteiger partial charge in [0.2, 0.25) is 0 Å². The Bertz CT molecular complexity index is 262. The van der Waals surface area contributed by atoms with Gasteiger partial charge in [-0.05, 0) is 0 Å². The molecule has 0 aromatic carbocycles. The number of cyclic esters (lactones) is 1. The third-order valence-corrected chi connectivity index (χ3v) is 2.52. The third-order valence-electron chi connectivity index (χ3n) is 2.52. The van der Waals surface area contributed by atoms with Crippen molar-refractivity contribution in [2.24, 2.45) is 5.92 Å². The van der Waals surface area contributed by atoms with E-state index >= 15 is 0 Å². The maximum absolute atomic E-state index is 10.7. The van der Waals surface area contributed by atoms with Gasteiger partial charge in [0, 0.05) is 19.6 Å². The number of amides is 1. The van der Waals surface area contributed by atoms with E-state index in [1.54, 1.807) is 0 Å². The molecule has 6 nitrogen and oxygen atoms in total. The first-order valence-electron chi connectivity index (χ1n) is 4.55. The fraction of sp³-hybridized carbons (Fsp3) is 0.750. The van der Waals surface area contributed by atoms with Crippen LogP contribution in [0.3, 0.4) is 0 Å². The van der Waals surface area contributed by atoms with Crippen molar-refractivity contribution < 1.29 is 19.4 Å². The Hall–Kier alpha value is -1.30. The molecule has 14 heavy (non-hydrogen) atoms. The largest absolute Gasteiger partial charge is 0.481 e. The van der Waals surface area contributed by atoms with Crippen LogP contribution in [0.5, 0.6) is 0 Å². The Balaban J connectivity index is 1.69. The Kier molecular flexibility index (Phi) is 2.28. The summed E-state index contributed by atoms with van der Waals surface area (Å²) in [7, 11) is 0. The van der Waals surface area contributed by atoms with Crippen LogP contribution < -0.4 is 5.32 Å². The Labute approximate surface area is 80.8 Å². The van der Waals surface area contributed by atoms with Crippen LogP contribution in [0.15, 0.2) is 0 Å². The van der Waals surface area contributed by atoms with Gasteiger partial charge in [0.25, 0.3) is 0 Å². The van der Waals surface area contributed by atoms with Gasteiger partial charge in [0.1, 0.15) is 6.10 Å². The third kappa shape index (κ3) is 1.79. The molecule has 1 unspecified atom stereocenters. The first-order chi connectivity index (χ1) is 6.65. The number of rotatable bonds is 3. The van der Waals surface area contributed by atoms with E-state index in [1.807, 2.05) is 4.90 Å². The number of alkyl carbamates (subject to hydrolysis) is 1. The van der Waals surface area contributed by atoms with Crippen LogP contribution in [0.25, 0.3) is 0 Å². The van der Waals surface area contributed by atoms with Gasteiger partial charge in [-0.15, -0.1) is 0 Å². The number of ether oxygens (including phenoxy) is 1. The highest BCUT2D eigenvalue weighted by atomic mass is 16.6. The van der Waals surface area contributed by atoms with Crippen LogP contribution in [0.1, 0.15) is 0 Å². The van der Waals surface area contributed by atoms with Crippen molar-refractivity contribution in [1.29, 1.82) is 0 Å². The number of carboxylic acids is 1. The average molecular weight is 200 g/mol. The number of likely N-dealkylation sites (tertiary alicyclic amines) is 1. The van der Waals surface area contributed by atoms with E-state index in [0.29, 0.717) is 26.2 Å². The van der Waals surface area contributed by atoms with E-state index in [2.05, 4.69) is 5.32 Å². The lowest BCUT2D eigenvalue weighted by molar-refractivity contribution is -0.148. The lowest BCUT2D eigenvalue weighted by atomic mass is 10.0. The maximum atomic E-state index is 10.7. The molecule has 2 saturated heterocycles. The molecule has 1 atom stereocenters. The topological polar surface area (TPSA) is 78.9 Å². The van der Waals surface area contributed by atoms with Crippen LogP contribution in [0.2, 0.25) is 0 Å². The number of carboxylic acid groups (broad SMARTS) is 1. The van der Waals surface area contributed by atoms with Crippen LogP contribution in [0, 0.1) is 5.92 Å². The molecule has 78 valence electrons. The average Bonchev–Trinajstić information content (AvgIpc) is 2.42. The standard InChI is InChI=1S/C8H12N2O4/c11-7(12)5-2-10(3-5)4-6-1-9-8(13)14-6/h5-6H,1-4H2,(H,9,13)(H,11,12). The Morgan fingerprint density at radius 2 is 2.36 bits per heavy atom. The molecule has 2 aliphatic heterocycles. The second-order valence-corrected chi connectivity index (χ2v) is 3.66. The smallest absolute Gasteiger partial charge is 0.407 e. The van der Waals surface area contributed by atoms with E-state index in [4.69, 9.17) is 9.84 Å². The molecule has 0 radical (unpaired) electrons. The van der Waals surface area contributed by atoms with Gasteiger partial charge in [0.15, 0.2) is 0 Å². The minimum absolute atomic E-state index is 0.128. The number of carbonyl (C=O) groups excluding carboxylic acids is 1. The summed E-state index contributed by atoms with van der Waals surface area (Å²) in [5.74, 6) is -0.997. The van der Waals surface area contributed by atoms with Gasteiger partial charge in [-0.2, -0.15) is 0 Å². The molecule has 2 aliphatic rings. The number of aliphatic carboxylic acids is 1. The highest BCUT2D eigenvalue weighted by molar-refractivity contribution is 5.71. The summed E-state index contributed by atoms with van der Waals surface area (Å²) < 4.78 is 4.92. The Morgan fingerprint density at radius 3 is 2.86 bits per heavy atom. The van der Waals surface area contributed by atoms with Gasteiger partial charge in [-0.25, -0.2) is 4.79 Å². The first-order valence-corrected chi connectivity index (χ1v) is 4.55. The lowest BCUT2D eigenvalue weighted by Crippen LogP contribution is -2.53. The van der Waals surface area contributed by atoms with E-state index in [1.165, 1.54) is 0 Å². The summed E-state index contributed by atoms with van der Waals surface area (Å²) in [5, 5.41) is 11.2. The summed E-state index contributed by atoms with van der Waals surface area (Å²) >= 11 is 0. The van der Waals surface area contributed by atoms with Crippen LogP contribution in [-0.2, 0) is 9.53 Å². The van der Waals surface area contributed by atoms with Gasteiger partial charge in [0.05, 0.1) is 12.5 Å². The zero-order valence-corrected chi connectivity index (χ0v) is 7.60. The van der Waals surface area contributed by atoms with Crippen molar-refractivity contribution in [2.45, 2.75) is 6.10 Å². The number of hydrogen-bond donors (Lipinski definition) is 2. The van der Waals surface area contributed by atoms with Crippen LogP contribution in [0.4, 0.5) is 4.79 Å². The quantitative estimate of drug-likeness (QED) is 0.618. The predicted octanol–water partition coefficient (Wildman–Crippen LogP) is -0.889. The molecular formula is C8H12N2O4. The second kappa shape index (κ2) is 3.45. The fourth-order valence-electron chi connectivity index (χ4n) is 1.70. The van der Waals surface area contributed by atoms with E-state index in [0.717, 1.165) is 0 Å². The zero-order valence-electron chi connectivity index (χ0n) is 7.60. The van der Waals surface area contributed by atoms with Crippen LogP contribution in [-0.4, -0.2) is 54.4 Å². The molecule has 0 aliphatic carbocycles. The molecule has 0 spiro atoms. The van der Waals surface area contributed by atoms with Crippen molar-refractivity contribution >= 4 is 12.1 Å². The molecule has 2 rings (SSSR count). The van der Waals surface area contributed by atoms with Gasteiger partial charge >= 0.3 is 12.1 Å². The highest BCUT2D eigenvalue weighted by Crippen LogP contribution is 2.16. The Morgan fingerprint density at radius 1 is 1.64 bits per heavy atom. The highest BCUT2D eigenvalue weighted by Gasteiger charge is 2.35. The number of hydrogen-bond acceptors (Lipinski definition) is 4. The van der Waals surface area contributed by atoms with Crippen molar-refractivity contribution in [3.63, 3.8) is 0 Å². The number of carbonyl (C=O) groups is 2. The van der Waals surface area contributed by atoms with Gasteiger partial charge in [-0.1, -0.05) is 0 Å². The fourth-order valence-corrected chi connectivity index (χ4v) is 1.70. The maximum Gasteiger partial charge on any atom is 0.407 e. The van der Waals surface area contributed by atoms with E-state index in [9.17, 15) is 9.59 Å². The summed E-state index contributed by atoms with van der Waals surface area (Å²) in [6, 6.07) is 0. The molecule has 1 amide bonds. The second-order valence-electron chi connectivity index (χ2n) is 3.66. The molecule has 2 heterocycles. The van der Waals surface area contributed by atoms with Crippen molar-refractivity contribution in [3.05, 3.63) is 0 Å². The zero-order chi connectivity index (χ0) is 10.1. The summed E-state index contributed by atoms with van der Waals surface area (Å²) in [5.41, 5.74) is 0. The molecule has 2 N–H and O–H groups in total. The molecule has 0 saturated carbocycles. The van der Waals surface area contributed by atoms with Crippen LogP contribution >= 0.6 is 0 Å². The van der Waals surface area contributed by atoms with Gasteiger partial charge < -0.3 is 15.2 Å². The summed E-state index contributed by atoms with van der Waals surface area (Å²) in [4.78, 5) is 23.1. The molecule has 6 heteroatoms. The number of nitrogens with zero attached hydrogens (tertiary/aromatic N) is 1. The predicted molar refractivity (Wildman–Crippen MR) is 45.8 cm³/mol. The summed E-state index contributed by atoms with van der Waals surface area (Å²) in [6.45, 7) is 2.27. The lowest BCUT2D eigenvalue weighted by Gasteiger charge is -2.37. The minimum atomic E-state index is -0.747. The first kappa shape index (κ1) is 9.26. The van der Waals surface area contributed by atoms with E-state index < -0.39 is 5.97 Å². The summed E-state index contributed by atoms with van der Waals surface area (Å²) in [6.07, 6.45) is -0.512. The van der Waals surface area contributed by atoms with Crippen molar-refractivity contribution in [2.75, 3.05) is 26.2 Å². The SMILES string of the molecule is O=C1NCC(CN2CC(C(=O)O)C2)O1. The van der Waals surface area contributed by atoms with Crippen molar-refractivity contribution in [3.8, 4) is 0 Å². The number of nitrogens with one attached hydrogen (secondary N) is 1. The van der Waals surface area contributed by atoms with E-state index in [-0.39, 0.29) is 18.1 Å². The molecule has 0 aromatic rings. The van der Waals surface area contributed by atoms with Crippen molar-refractivity contribution in [1.82, 2.24) is 10.2 Å². The molecule has 2 fully saturated rings. The molecule has 0 bridgehead atoms. The minimum Gasteiger partial charge on any atom is -0.481 e.